The molecular formula is C11H14N6S. The second-order valence-corrected chi connectivity index (χ2v) is 4.86. The molecule has 0 radical (unpaired) electrons. The number of rotatable bonds is 3. The van der Waals surface area contributed by atoms with Gasteiger partial charge < -0.3 is 11.2 Å². The number of hydrogen-bond acceptors (Lipinski definition) is 7. The number of nitrogens with one attached hydrogen (secondary N) is 1. The van der Waals surface area contributed by atoms with Gasteiger partial charge >= 0.3 is 0 Å². The van der Waals surface area contributed by atoms with Gasteiger partial charge in [0, 0.05) is 11.8 Å². The molecule has 2 rings (SSSR count). The molecule has 0 aromatic carbocycles. The molecule has 0 bridgehead atoms. The van der Waals surface area contributed by atoms with E-state index in [0.29, 0.717) is 10.8 Å². The lowest BCUT2D eigenvalue weighted by molar-refractivity contribution is 1.02. The quantitative estimate of drug-likeness (QED) is 0.437. The maximum atomic E-state index is 5.60. The lowest BCUT2D eigenvalue weighted by Crippen LogP contribution is -2.10. The summed E-state index contributed by atoms with van der Waals surface area (Å²) in [5, 5.41) is 1.57. The minimum atomic E-state index is 0.178. The molecule has 2 heterocycles. The average molecular weight is 262 g/mol. The zero-order valence-electron chi connectivity index (χ0n) is 10.1. The maximum absolute atomic E-state index is 5.60. The Bertz CT molecular complexity index is 551. The van der Waals surface area contributed by atoms with E-state index in [1.54, 1.807) is 6.07 Å². The van der Waals surface area contributed by atoms with Crippen LogP contribution in [0.25, 0.3) is 0 Å². The molecule has 0 aliphatic rings. The van der Waals surface area contributed by atoms with Gasteiger partial charge in [-0.15, -0.1) is 0 Å². The summed E-state index contributed by atoms with van der Waals surface area (Å²) >= 11 is 1.42. The highest BCUT2D eigenvalue weighted by molar-refractivity contribution is 7.99. The van der Waals surface area contributed by atoms with E-state index in [9.17, 15) is 0 Å². The van der Waals surface area contributed by atoms with Gasteiger partial charge in [0.1, 0.15) is 15.9 Å². The number of nitrogens with two attached hydrogens (primary N) is 2. The number of hydrazine groups is 1. The van der Waals surface area contributed by atoms with Crippen molar-refractivity contribution >= 4 is 23.5 Å². The molecule has 0 spiro atoms. The highest BCUT2D eigenvalue weighted by Crippen LogP contribution is 2.27. The van der Waals surface area contributed by atoms with Gasteiger partial charge in [0.25, 0.3) is 0 Å². The van der Waals surface area contributed by atoms with Crippen LogP contribution in [0.1, 0.15) is 11.3 Å². The molecule has 0 saturated heterocycles. The Morgan fingerprint density at radius 1 is 1.06 bits per heavy atom. The Balaban J connectivity index is 2.30. The van der Waals surface area contributed by atoms with Crippen LogP contribution in [0, 0.1) is 13.8 Å². The minimum Gasteiger partial charge on any atom is -0.368 e. The lowest BCUT2D eigenvalue weighted by Gasteiger charge is -2.05. The number of aryl methyl sites for hydroxylation is 2. The van der Waals surface area contributed by atoms with E-state index in [2.05, 4.69) is 20.4 Å². The Labute approximate surface area is 109 Å². The molecule has 2 aromatic heterocycles. The second kappa shape index (κ2) is 5.19. The summed E-state index contributed by atoms with van der Waals surface area (Å²) in [5.74, 6) is 5.97. The molecule has 0 unspecified atom stereocenters. The Kier molecular flexibility index (Phi) is 3.63. The number of nitrogens with zero attached hydrogens (tertiary/aromatic N) is 3. The van der Waals surface area contributed by atoms with Crippen molar-refractivity contribution in [3.05, 3.63) is 29.5 Å². The van der Waals surface area contributed by atoms with Crippen molar-refractivity contribution in [1.82, 2.24) is 15.0 Å². The lowest BCUT2D eigenvalue weighted by atomic mass is 10.3. The minimum absolute atomic E-state index is 0.178. The largest absolute Gasteiger partial charge is 0.368 e. The van der Waals surface area contributed by atoms with E-state index < -0.39 is 0 Å². The first-order chi connectivity index (χ1) is 8.56. The fraction of sp³-hybridized carbons (Fsp3) is 0.182. The van der Waals surface area contributed by atoms with E-state index in [0.717, 1.165) is 16.3 Å². The van der Waals surface area contributed by atoms with Crippen molar-refractivity contribution in [3.63, 3.8) is 0 Å². The first kappa shape index (κ1) is 12.6. The van der Waals surface area contributed by atoms with Gasteiger partial charge in [0.05, 0.1) is 0 Å². The van der Waals surface area contributed by atoms with E-state index in [1.165, 1.54) is 11.8 Å². The standard InChI is InChI=1S/C11H14N6S/c1-6-3-7(2)14-9(4-6)18-10-5-8(17-13)15-11(12)16-10/h3-5H,13H2,1-2H3,(H3,12,15,16,17). The van der Waals surface area contributed by atoms with Crippen LogP contribution in [0.3, 0.4) is 0 Å². The van der Waals surface area contributed by atoms with E-state index in [1.807, 2.05) is 26.0 Å². The van der Waals surface area contributed by atoms with Crippen LogP contribution >= 0.6 is 11.8 Å². The fourth-order valence-corrected chi connectivity index (χ4v) is 2.49. The Morgan fingerprint density at radius 3 is 2.44 bits per heavy atom. The summed E-state index contributed by atoms with van der Waals surface area (Å²) in [4.78, 5) is 12.5. The van der Waals surface area contributed by atoms with Crippen molar-refractivity contribution in [1.29, 1.82) is 0 Å². The van der Waals surface area contributed by atoms with Crippen LogP contribution in [-0.2, 0) is 0 Å². The van der Waals surface area contributed by atoms with Gasteiger partial charge in [-0.05, 0) is 43.3 Å². The van der Waals surface area contributed by atoms with Gasteiger partial charge in [-0.3, -0.25) is 0 Å². The number of pyridine rings is 1. The molecule has 0 aliphatic carbocycles. The van der Waals surface area contributed by atoms with E-state index in [-0.39, 0.29) is 5.95 Å². The molecule has 2 aromatic rings. The smallest absolute Gasteiger partial charge is 0.223 e. The first-order valence-electron chi connectivity index (χ1n) is 5.31. The maximum Gasteiger partial charge on any atom is 0.223 e. The predicted molar refractivity (Wildman–Crippen MR) is 72.1 cm³/mol. The summed E-state index contributed by atoms with van der Waals surface area (Å²) < 4.78 is 0. The summed E-state index contributed by atoms with van der Waals surface area (Å²) in [7, 11) is 0. The third-order valence-corrected chi connectivity index (χ3v) is 2.99. The highest BCUT2D eigenvalue weighted by Gasteiger charge is 2.05. The zero-order valence-corrected chi connectivity index (χ0v) is 11.0. The molecule has 0 aliphatic heterocycles. The van der Waals surface area contributed by atoms with Crippen LogP contribution in [-0.4, -0.2) is 15.0 Å². The average Bonchev–Trinajstić information content (AvgIpc) is 2.26. The summed E-state index contributed by atoms with van der Waals surface area (Å²) in [6.45, 7) is 3.98. The third kappa shape index (κ3) is 3.08. The van der Waals surface area contributed by atoms with Gasteiger partial charge in [-0.2, -0.15) is 4.98 Å². The summed E-state index contributed by atoms with van der Waals surface area (Å²) in [6.07, 6.45) is 0. The molecule has 94 valence electrons. The molecule has 0 fully saturated rings. The van der Waals surface area contributed by atoms with Crippen LogP contribution in [0.4, 0.5) is 11.8 Å². The number of anilines is 2. The molecule has 0 amide bonds. The van der Waals surface area contributed by atoms with Gasteiger partial charge in [-0.1, -0.05) is 0 Å². The SMILES string of the molecule is Cc1cc(C)nc(Sc2cc(NN)nc(N)n2)c1. The summed E-state index contributed by atoms with van der Waals surface area (Å²) in [5.41, 5.74) is 10.2. The second-order valence-electron chi connectivity index (χ2n) is 3.82. The molecule has 7 heteroatoms. The topological polar surface area (TPSA) is 103 Å². The van der Waals surface area contributed by atoms with Crippen LogP contribution < -0.4 is 17.0 Å². The van der Waals surface area contributed by atoms with Crippen molar-refractivity contribution in [2.75, 3.05) is 11.2 Å². The van der Waals surface area contributed by atoms with E-state index >= 15 is 0 Å². The number of aromatic nitrogens is 3. The van der Waals surface area contributed by atoms with Gasteiger partial charge in [-0.25, -0.2) is 15.8 Å². The van der Waals surface area contributed by atoms with Crippen molar-refractivity contribution in [3.8, 4) is 0 Å². The molecule has 6 nitrogen and oxygen atoms in total. The molecule has 5 N–H and O–H groups in total. The molecular weight excluding hydrogens is 248 g/mol. The monoisotopic (exact) mass is 262 g/mol. The Morgan fingerprint density at radius 2 is 1.78 bits per heavy atom. The van der Waals surface area contributed by atoms with Crippen LogP contribution in [0.15, 0.2) is 28.3 Å². The van der Waals surface area contributed by atoms with Gasteiger partial charge in [0.2, 0.25) is 5.95 Å². The van der Waals surface area contributed by atoms with Crippen LogP contribution in [0.2, 0.25) is 0 Å². The van der Waals surface area contributed by atoms with E-state index in [4.69, 9.17) is 11.6 Å². The highest BCUT2D eigenvalue weighted by atomic mass is 32.2. The van der Waals surface area contributed by atoms with Crippen molar-refractivity contribution < 1.29 is 0 Å². The molecule has 0 saturated carbocycles. The molecule has 0 atom stereocenters. The van der Waals surface area contributed by atoms with Crippen LogP contribution in [0.5, 0.6) is 0 Å². The first-order valence-corrected chi connectivity index (χ1v) is 6.13. The Hall–Kier alpha value is -1.86. The third-order valence-electron chi connectivity index (χ3n) is 2.15. The summed E-state index contributed by atoms with van der Waals surface area (Å²) in [6, 6.07) is 5.73. The van der Waals surface area contributed by atoms with Crippen molar-refractivity contribution in [2.24, 2.45) is 5.84 Å². The zero-order chi connectivity index (χ0) is 13.1. The number of hydrogen-bond donors (Lipinski definition) is 3. The van der Waals surface area contributed by atoms with Crippen molar-refractivity contribution in [2.45, 2.75) is 23.9 Å². The predicted octanol–water partition coefficient (Wildman–Crippen LogP) is 1.51. The fourth-order valence-electron chi connectivity index (χ4n) is 1.53. The van der Waals surface area contributed by atoms with Gasteiger partial charge in [0.15, 0.2) is 0 Å². The molecule has 18 heavy (non-hydrogen) atoms. The normalized spacial score (nSPS) is 10.4. The number of nitrogen functional groups attached to an aromatic ring is 2.